The Morgan fingerprint density at radius 1 is 1.25 bits per heavy atom. The molecule has 0 unspecified atom stereocenters. The molecule has 2 N–H and O–H groups in total. The normalized spacial score (nSPS) is 18.2. The van der Waals surface area contributed by atoms with E-state index in [1.807, 2.05) is 26.0 Å². The number of likely N-dealkylation sites (tertiary alicyclic amines) is 1. The van der Waals surface area contributed by atoms with Gasteiger partial charge in [0.2, 0.25) is 0 Å². The lowest BCUT2D eigenvalue weighted by molar-refractivity contribution is -0.141. The summed E-state index contributed by atoms with van der Waals surface area (Å²) in [4.78, 5) is 13.3. The van der Waals surface area contributed by atoms with Crippen LogP contribution in [0, 0.1) is 19.8 Å². The first kappa shape index (κ1) is 21.0. The number of carbonyl (C=O) groups is 1. The predicted octanol–water partition coefficient (Wildman–Crippen LogP) is 5.69. The highest BCUT2D eigenvalue weighted by molar-refractivity contribution is 6.32. The maximum atomic E-state index is 11.2. The van der Waals surface area contributed by atoms with E-state index in [-0.39, 0.29) is 12.0 Å². The van der Waals surface area contributed by atoms with Crippen molar-refractivity contribution in [2.45, 2.75) is 39.8 Å². The van der Waals surface area contributed by atoms with E-state index in [4.69, 9.17) is 23.2 Å². The molecule has 0 bridgehead atoms. The second kappa shape index (κ2) is 8.73. The Balaban J connectivity index is 1.72. The van der Waals surface area contributed by atoms with Crippen molar-refractivity contribution < 1.29 is 9.90 Å². The summed E-state index contributed by atoms with van der Waals surface area (Å²) in [5.74, 6) is -0.997. The molecule has 1 heterocycles. The molecule has 0 aromatic heterocycles. The second-order valence-electron chi connectivity index (χ2n) is 7.70. The summed E-state index contributed by atoms with van der Waals surface area (Å²) in [6.07, 6.45) is 0.692. The van der Waals surface area contributed by atoms with Gasteiger partial charge in [0.1, 0.15) is 0 Å². The molecule has 1 fully saturated rings. The fraction of sp³-hybridized carbons (Fsp3) is 0.409. The van der Waals surface area contributed by atoms with Gasteiger partial charge in [-0.2, -0.15) is 0 Å². The number of carboxylic acids is 1. The van der Waals surface area contributed by atoms with Crippen LogP contribution in [0.4, 0.5) is 5.69 Å². The van der Waals surface area contributed by atoms with Crippen LogP contribution in [0.25, 0.3) is 0 Å². The number of aryl methyl sites for hydroxylation is 2. The molecule has 1 aliphatic heterocycles. The summed E-state index contributed by atoms with van der Waals surface area (Å²) in [6.45, 7) is 8.17. The molecule has 28 heavy (non-hydrogen) atoms. The lowest BCUT2D eigenvalue weighted by Crippen LogP contribution is -2.23. The standard InChI is InChI=1S/C22H26Cl2N2O2/c1-13-8-17(9-14(2)21(13)24)15(3)25-19-4-5-20(23)18(10-19)12-26-7-6-16(11-26)22(27)28/h4-5,8-10,15-16,25H,6-7,11-12H2,1-3H3,(H,27,28)/t15-,16-/m1/s1. The highest BCUT2D eigenvalue weighted by atomic mass is 35.5. The minimum Gasteiger partial charge on any atom is -0.481 e. The molecule has 0 amide bonds. The first-order chi connectivity index (χ1) is 13.2. The molecule has 2 aromatic carbocycles. The minimum absolute atomic E-state index is 0.117. The van der Waals surface area contributed by atoms with Crippen molar-refractivity contribution in [2.75, 3.05) is 18.4 Å². The van der Waals surface area contributed by atoms with Crippen LogP contribution in [0.1, 0.15) is 41.6 Å². The maximum absolute atomic E-state index is 11.2. The molecule has 6 heteroatoms. The van der Waals surface area contributed by atoms with Crippen molar-refractivity contribution in [1.29, 1.82) is 0 Å². The van der Waals surface area contributed by atoms with Crippen molar-refractivity contribution in [1.82, 2.24) is 4.90 Å². The van der Waals surface area contributed by atoms with Crippen LogP contribution in [0.5, 0.6) is 0 Å². The molecule has 0 spiro atoms. The number of anilines is 1. The molecule has 0 radical (unpaired) electrons. The van der Waals surface area contributed by atoms with Crippen molar-refractivity contribution in [3.8, 4) is 0 Å². The van der Waals surface area contributed by atoms with Gasteiger partial charge in [0, 0.05) is 34.9 Å². The van der Waals surface area contributed by atoms with E-state index in [0.717, 1.165) is 33.9 Å². The van der Waals surface area contributed by atoms with Gasteiger partial charge in [-0.3, -0.25) is 9.69 Å². The summed E-state index contributed by atoms with van der Waals surface area (Å²) < 4.78 is 0. The molecule has 1 aliphatic rings. The monoisotopic (exact) mass is 420 g/mol. The van der Waals surface area contributed by atoms with Crippen molar-refractivity contribution in [3.63, 3.8) is 0 Å². The van der Waals surface area contributed by atoms with Crippen LogP contribution in [0.15, 0.2) is 30.3 Å². The lowest BCUT2D eigenvalue weighted by Gasteiger charge is -2.20. The number of hydrogen-bond donors (Lipinski definition) is 2. The number of benzene rings is 2. The zero-order valence-corrected chi connectivity index (χ0v) is 17.9. The first-order valence-electron chi connectivity index (χ1n) is 9.51. The number of nitrogens with one attached hydrogen (secondary N) is 1. The highest BCUT2D eigenvalue weighted by Gasteiger charge is 2.28. The summed E-state index contributed by atoms with van der Waals surface area (Å²) in [6, 6.07) is 10.3. The van der Waals surface area contributed by atoms with Gasteiger partial charge >= 0.3 is 5.97 Å². The van der Waals surface area contributed by atoms with Crippen LogP contribution in [-0.2, 0) is 11.3 Å². The summed E-state index contributed by atoms with van der Waals surface area (Å²) in [5.41, 5.74) is 5.33. The third-order valence-corrected chi connectivity index (χ3v) is 6.37. The number of nitrogens with zero attached hydrogens (tertiary/aromatic N) is 1. The molecular formula is C22H26Cl2N2O2. The largest absolute Gasteiger partial charge is 0.481 e. The molecule has 0 saturated carbocycles. The van der Waals surface area contributed by atoms with Crippen LogP contribution in [-0.4, -0.2) is 29.1 Å². The molecule has 150 valence electrons. The maximum Gasteiger partial charge on any atom is 0.307 e. The summed E-state index contributed by atoms with van der Waals surface area (Å²) >= 11 is 12.7. The van der Waals surface area contributed by atoms with E-state index < -0.39 is 5.97 Å². The second-order valence-corrected chi connectivity index (χ2v) is 8.49. The van der Waals surface area contributed by atoms with Gasteiger partial charge in [-0.15, -0.1) is 0 Å². The fourth-order valence-electron chi connectivity index (χ4n) is 3.77. The van der Waals surface area contributed by atoms with Crippen molar-refractivity contribution in [2.24, 2.45) is 5.92 Å². The molecule has 4 nitrogen and oxygen atoms in total. The quantitative estimate of drug-likeness (QED) is 0.629. The van der Waals surface area contributed by atoms with E-state index in [0.29, 0.717) is 24.5 Å². The zero-order chi connectivity index (χ0) is 20.4. The minimum atomic E-state index is -0.716. The Hall–Kier alpha value is -1.75. The third kappa shape index (κ3) is 4.80. The Bertz CT molecular complexity index is 862. The number of carboxylic acid groups (broad SMARTS) is 1. The predicted molar refractivity (Wildman–Crippen MR) is 115 cm³/mol. The lowest BCUT2D eigenvalue weighted by atomic mass is 10.0. The van der Waals surface area contributed by atoms with Crippen LogP contribution >= 0.6 is 23.2 Å². The average Bonchev–Trinajstić information content (AvgIpc) is 3.11. The number of aliphatic carboxylic acids is 1. The smallest absolute Gasteiger partial charge is 0.307 e. The molecular weight excluding hydrogens is 395 g/mol. The van der Waals surface area contributed by atoms with E-state index in [1.165, 1.54) is 5.56 Å². The van der Waals surface area contributed by atoms with Gasteiger partial charge in [0.05, 0.1) is 5.92 Å². The Morgan fingerprint density at radius 3 is 2.54 bits per heavy atom. The van der Waals surface area contributed by atoms with Gasteiger partial charge in [0.15, 0.2) is 0 Å². The van der Waals surface area contributed by atoms with Gasteiger partial charge in [-0.25, -0.2) is 0 Å². The van der Waals surface area contributed by atoms with E-state index >= 15 is 0 Å². The molecule has 0 aliphatic carbocycles. The Morgan fingerprint density at radius 2 is 1.93 bits per heavy atom. The highest BCUT2D eigenvalue weighted by Crippen LogP contribution is 2.29. The summed E-state index contributed by atoms with van der Waals surface area (Å²) in [5, 5.41) is 14.2. The van der Waals surface area contributed by atoms with E-state index in [1.54, 1.807) is 0 Å². The average molecular weight is 421 g/mol. The van der Waals surface area contributed by atoms with Gasteiger partial charge < -0.3 is 10.4 Å². The Kier molecular flexibility index (Phi) is 6.54. The van der Waals surface area contributed by atoms with Crippen LogP contribution in [0.2, 0.25) is 10.0 Å². The van der Waals surface area contributed by atoms with Crippen LogP contribution < -0.4 is 5.32 Å². The van der Waals surface area contributed by atoms with Gasteiger partial charge in [-0.1, -0.05) is 35.3 Å². The van der Waals surface area contributed by atoms with Crippen molar-refractivity contribution in [3.05, 3.63) is 62.6 Å². The molecule has 1 saturated heterocycles. The molecule has 3 rings (SSSR count). The van der Waals surface area contributed by atoms with Gasteiger partial charge in [0.25, 0.3) is 0 Å². The summed E-state index contributed by atoms with van der Waals surface area (Å²) in [7, 11) is 0. The molecule has 2 atom stereocenters. The SMILES string of the molecule is Cc1cc([C@@H](C)Nc2ccc(Cl)c(CN3CC[C@@H](C(=O)O)C3)c2)cc(C)c1Cl. The van der Waals surface area contributed by atoms with E-state index in [2.05, 4.69) is 35.3 Å². The first-order valence-corrected chi connectivity index (χ1v) is 10.3. The molecule has 2 aromatic rings. The third-order valence-electron chi connectivity index (χ3n) is 5.40. The topological polar surface area (TPSA) is 52.6 Å². The van der Waals surface area contributed by atoms with E-state index in [9.17, 15) is 9.90 Å². The number of rotatable bonds is 6. The Labute approximate surface area is 176 Å². The zero-order valence-electron chi connectivity index (χ0n) is 16.4. The number of halogens is 2. The fourth-order valence-corrected chi connectivity index (χ4v) is 4.05. The van der Waals surface area contributed by atoms with Crippen LogP contribution in [0.3, 0.4) is 0 Å². The number of hydrogen-bond acceptors (Lipinski definition) is 3. The van der Waals surface area contributed by atoms with Gasteiger partial charge in [-0.05, 0) is 74.2 Å². The van der Waals surface area contributed by atoms with Crippen molar-refractivity contribution >= 4 is 34.9 Å².